The third-order valence-electron chi connectivity index (χ3n) is 4.58. The summed E-state index contributed by atoms with van der Waals surface area (Å²) < 4.78 is 25.6. The van der Waals surface area contributed by atoms with Crippen LogP contribution in [0.4, 0.5) is 5.69 Å². The van der Waals surface area contributed by atoms with Crippen LogP contribution in [0.25, 0.3) is 0 Å². The molecule has 0 saturated carbocycles. The van der Waals surface area contributed by atoms with Gasteiger partial charge in [-0.15, -0.1) is 11.3 Å². The number of carbonyl (C=O) groups is 1. The van der Waals surface area contributed by atoms with Gasteiger partial charge in [0.1, 0.15) is 0 Å². The van der Waals surface area contributed by atoms with E-state index in [9.17, 15) is 13.2 Å². The van der Waals surface area contributed by atoms with Crippen LogP contribution < -0.4 is 4.31 Å². The number of fused-ring (bicyclic) bond motifs is 1. The summed E-state index contributed by atoms with van der Waals surface area (Å²) in [7, 11) is -3.23. The van der Waals surface area contributed by atoms with Crippen LogP contribution in [0.2, 0.25) is 0 Å². The molecule has 24 heavy (non-hydrogen) atoms. The zero-order chi connectivity index (χ0) is 16.7. The van der Waals surface area contributed by atoms with Crippen LogP contribution in [0.3, 0.4) is 0 Å². The second-order valence-electron chi connectivity index (χ2n) is 6.14. The number of hydrogen-bond donors (Lipinski definition) is 0. The predicted molar refractivity (Wildman–Crippen MR) is 95.0 cm³/mol. The zero-order valence-corrected chi connectivity index (χ0v) is 14.8. The van der Waals surface area contributed by atoms with Gasteiger partial charge >= 0.3 is 0 Å². The van der Waals surface area contributed by atoms with Crippen LogP contribution in [0.15, 0.2) is 35.7 Å². The molecule has 0 radical (unpaired) electrons. The minimum atomic E-state index is -3.23. The molecule has 0 spiro atoms. The van der Waals surface area contributed by atoms with Crippen LogP contribution in [0, 0.1) is 0 Å². The second kappa shape index (κ2) is 5.89. The Balaban J connectivity index is 1.59. The highest BCUT2D eigenvalue weighted by atomic mass is 32.2. The number of rotatable bonds is 2. The van der Waals surface area contributed by atoms with E-state index in [1.54, 1.807) is 35.6 Å². The van der Waals surface area contributed by atoms with Crippen molar-refractivity contribution in [3.05, 3.63) is 51.7 Å². The Morgan fingerprint density at radius 2 is 2.04 bits per heavy atom. The van der Waals surface area contributed by atoms with E-state index < -0.39 is 10.0 Å². The molecule has 0 aliphatic carbocycles. The van der Waals surface area contributed by atoms with Crippen molar-refractivity contribution in [1.82, 2.24) is 4.90 Å². The highest BCUT2D eigenvalue weighted by Gasteiger charge is 2.29. The van der Waals surface area contributed by atoms with Crippen molar-refractivity contribution in [1.29, 1.82) is 0 Å². The predicted octanol–water partition coefficient (Wildman–Crippen LogP) is 2.49. The maximum atomic E-state index is 12.8. The SMILES string of the molecule is O=C(c1cccc(N2CCCS2(=O)=O)c1)N1CCc2sccc2C1. The van der Waals surface area contributed by atoms with E-state index in [2.05, 4.69) is 11.4 Å². The minimum Gasteiger partial charge on any atom is -0.334 e. The lowest BCUT2D eigenvalue weighted by Gasteiger charge is -2.27. The topological polar surface area (TPSA) is 57.7 Å². The molecule has 4 rings (SSSR count). The summed E-state index contributed by atoms with van der Waals surface area (Å²) in [5.41, 5.74) is 2.36. The Morgan fingerprint density at radius 3 is 2.83 bits per heavy atom. The van der Waals surface area contributed by atoms with E-state index >= 15 is 0 Å². The second-order valence-corrected chi connectivity index (χ2v) is 9.15. The van der Waals surface area contributed by atoms with Gasteiger partial charge in [-0.25, -0.2) is 8.42 Å². The molecule has 1 amide bonds. The summed E-state index contributed by atoms with van der Waals surface area (Å²) in [5, 5.41) is 2.07. The molecule has 3 heterocycles. The number of nitrogens with zero attached hydrogens (tertiary/aromatic N) is 2. The molecule has 126 valence electrons. The molecule has 1 aromatic heterocycles. The molecule has 7 heteroatoms. The van der Waals surface area contributed by atoms with Gasteiger partial charge in [0.15, 0.2) is 0 Å². The quantitative estimate of drug-likeness (QED) is 0.825. The summed E-state index contributed by atoms with van der Waals surface area (Å²) in [6.07, 6.45) is 1.52. The molecule has 0 atom stereocenters. The molecule has 2 aromatic rings. The Hall–Kier alpha value is -1.86. The van der Waals surface area contributed by atoms with Gasteiger partial charge in [-0.3, -0.25) is 9.10 Å². The van der Waals surface area contributed by atoms with Gasteiger partial charge in [-0.2, -0.15) is 0 Å². The number of anilines is 1. The number of benzene rings is 1. The summed E-state index contributed by atoms with van der Waals surface area (Å²) >= 11 is 1.74. The number of hydrogen-bond acceptors (Lipinski definition) is 4. The Labute approximate surface area is 145 Å². The molecule has 2 aliphatic rings. The molecule has 5 nitrogen and oxygen atoms in total. The standard InChI is InChI=1S/C17H18N2O3S2/c20-17(18-8-5-16-14(12-18)6-9-23-16)13-3-1-4-15(11-13)19-7-2-10-24(19,21)22/h1,3-4,6,9,11H,2,5,7-8,10,12H2. The summed E-state index contributed by atoms with van der Waals surface area (Å²) in [6.45, 7) is 1.82. The van der Waals surface area contributed by atoms with Crippen molar-refractivity contribution in [3.63, 3.8) is 0 Å². The maximum absolute atomic E-state index is 12.8. The fraction of sp³-hybridized carbons (Fsp3) is 0.353. The third kappa shape index (κ3) is 2.71. The highest BCUT2D eigenvalue weighted by Crippen LogP contribution is 2.27. The van der Waals surface area contributed by atoms with Crippen LogP contribution in [0.5, 0.6) is 0 Å². The van der Waals surface area contributed by atoms with E-state index in [0.29, 0.717) is 37.3 Å². The normalized spacial score (nSPS) is 19.3. The average Bonchev–Trinajstić information content (AvgIpc) is 3.19. The summed E-state index contributed by atoms with van der Waals surface area (Å²) in [5.74, 6) is 0.142. The Morgan fingerprint density at radius 1 is 1.17 bits per heavy atom. The van der Waals surface area contributed by atoms with Gasteiger partial charge in [0.2, 0.25) is 10.0 Å². The van der Waals surface area contributed by atoms with Gasteiger partial charge < -0.3 is 4.90 Å². The summed E-state index contributed by atoms with van der Waals surface area (Å²) in [4.78, 5) is 16.0. The third-order valence-corrected chi connectivity index (χ3v) is 7.47. The molecule has 1 fully saturated rings. The smallest absolute Gasteiger partial charge is 0.254 e. The molecule has 1 aromatic carbocycles. The van der Waals surface area contributed by atoms with Crippen LogP contribution in [-0.2, 0) is 23.0 Å². The molecule has 0 N–H and O–H groups in total. The van der Waals surface area contributed by atoms with Crippen LogP contribution >= 0.6 is 11.3 Å². The van der Waals surface area contributed by atoms with Crippen molar-refractivity contribution < 1.29 is 13.2 Å². The zero-order valence-electron chi connectivity index (χ0n) is 13.1. The number of thiophene rings is 1. The van der Waals surface area contributed by atoms with E-state index in [1.807, 2.05) is 4.90 Å². The van der Waals surface area contributed by atoms with Gasteiger partial charge in [0.05, 0.1) is 11.4 Å². The number of sulfonamides is 1. The first-order valence-corrected chi connectivity index (χ1v) is 10.5. The van der Waals surface area contributed by atoms with Crippen molar-refractivity contribution >= 4 is 33.0 Å². The van der Waals surface area contributed by atoms with Crippen molar-refractivity contribution in [2.75, 3.05) is 23.1 Å². The minimum absolute atomic E-state index is 0.0368. The van der Waals surface area contributed by atoms with Crippen molar-refractivity contribution in [2.45, 2.75) is 19.4 Å². The van der Waals surface area contributed by atoms with E-state index in [1.165, 1.54) is 14.7 Å². The van der Waals surface area contributed by atoms with Crippen LogP contribution in [-0.4, -0.2) is 38.1 Å². The fourth-order valence-electron chi connectivity index (χ4n) is 3.33. The lowest BCUT2D eigenvalue weighted by atomic mass is 10.1. The maximum Gasteiger partial charge on any atom is 0.254 e. The summed E-state index contributed by atoms with van der Waals surface area (Å²) in [6, 6.07) is 9.06. The Bertz CT molecular complexity index is 889. The lowest BCUT2D eigenvalue weighted by Crippen LogP contribution is -2.35. The molecule has 2 aliphatic heterocycles. The molecule has 0 bridgehead atoms. The molecule has 1 saturated heterocycles. The van der Waals surface area contributed by atoms with Crippen molar-refractivity contribution in [2.24, 2.45) is 0 Å². The van der Waals surface area contributed by atoms with Gasteiger partial charge in [0, 0.05) is 30.1 Å². The van der Waals surface area contributed by atoms with E-state index in [-0.39, 0.29) is 11.7 Å². The van der Waals surface area contributed by atoms with Crippen LogP contribution in [0.1, 0.15) is 27.2 Å². The first-order valence-electron chi connectivity index (χ1n) is 7.99. The fourth-order valence-corrected chi connectivity index (χ4v) is 5.77. The lowest BCUT2D eigenvalue weighted by molar-refractivity contribution is 0.0736. The average molecular weight is 362 g/mol. The van der Waals surface area contributed by atoms with E-state index in [0.717, 1.165) is 6.42 Å². The van der Waals surface area contributed by atoms with Gasteiger partial charge in [-0.05, 0) is 48.1 Å². The van der Waals surface area contributed by atoms with Gasteiger partial charge in [0.25, 0.3) is 5.91 Å². The molecular formula is C17H18N2O3S2. The first-order chi connectivity index (χ1) is 11.5. The molecular weight excluding hydrogens is 344 g/mol. The van der Waals surface area contributed by atoms with Crippen molar-refractivity contribution in [3.8, 4) is 0 Å². The van der Waals surface area contributed by atoms with Gasteiger partial charge in [-0.1, -0.05) is 6.07 Å². The molecule has 0 unspecified atom stereocenters. The van der Waals surface area contributed by atoms with E-state index in [4.69, 9.17) is 0 Å². The Kier molecular flexibility index (Phi) is 3.85. The monoisotopic (exact) mass is 362 g/mol. The first kappa shape index (κ1) is 15.7. The largest absolute Gasteiger partial charge is 0.334 e. The number of carbonyl (C=O) groups excluding carboxylic acids is 1. The highest BCUT2D eigenvalue weighted by molar-refractivity contribution is 7.93. The number of amides is 1.